The average Bonchev–Trinajstić information content (AvgIpc) is 2.81. The van der Waals surface area contributed by atoms with E-state index in [-0.39, 0.29) is 12.2 Å². The van der Waals surface area contributed by atoms with E-state index in [1.54, 1.807) is 54.9 Å². The van der Waals surface area contributed by atoms with Crippen molar-refractivity contribution in [3.05, 3.63) is 84.2 Å². The van der Waals surface area contributed by atoms with E-state index in [2.05, 4.69) is 10.3 Å². The Morgan fingerprint density at radius 1 is 1.09 bits per heavy atom. The second-order valence-corrected chi connectivity index (χ2v) is 7.85. The monoisotopic (exact) mass is 452 g/mol. The Morgan fingerprint density at radius 2 is 1.88 bits per heavy atom. The first kappa shape index (κ1) is 23.1. The van der Waals surface area contributed by atoms with E-state index in [1.807, 2.05) is 24.5 Å². The summed E-state index contributed by atoms with van der Waals surface area (Å²) < 4.78 is 11.7. The van der Waals surface area contributed by atoms with Crippen LogP contribution in [0.5, 0.6) is 17.2 Å². The van der Waals surface area contributed by atoms with Crippen molar-refractivity contribution in [1.29, 1.82) is 0 Å². The highest BCUT2D eigenvalue weighted by molar-refractivity contribution is 7.98. The number of benzene rings is 2. The molecule has 166 valence electrons. The van der Waals surface area contributed by atoms with Crippen molar-refractivity contribution in [2.24, 2.45) is 0 Å². The summed E-state index contributed by atoms with van der Waals surface area (Å²) >= 11 is 1.52. The molecule has 3 rings (SSSR count). The van der Waals surface area contributed by atoms with Gasteiger partial charge in [-0.2, -0.15) is 11.8 Å². The molecule has 0 aliphatic carbocycles. The van der Waals surface area contributed by atoms with E-state index >= 15 is 0 Å². The van der Waals surface area contributed by atoms with Gasteiger partial charge >= 0.3 is 5.97 Å². The van der Waals surface area contributed by atoms with Crippen molar-refractivity contribution in [3.63, 3.8) is 0 Å². The lowest BCUT2D eigenvalue weighted by Gasteiger charge is -2.17. The van der Waals surface area contributed by atoms with E-state index < -0.39 is 17.9 Å². The first-order valence-corrected chi connectivity index (χ1v) is 11.4. The molecular formula is C24H24N2O5S. The van der Waals surface area contributed by atoms with Gasteiger partial charge in [-0.3, -0.25) is 9.78 Å². The number of amides is 1. The molecule has 0 saturated carbocycles. The molecule has 1 atom stereocenters. The van der Waals surface area contributed by atoms with Gasteiger partial charge in [0, 0.05) is 6.20 Å². The van der Waals surface area contributed by atoms with Gasteiger partial charge in [0.2, 0.25) is 0 Å². The minimum absolute atomic E-state index is 0.245. The average molecular weight is 453 g/mol. The van der Waals surface area contributed by atoms with Crippen molar-refractivity contribution in [2.75, 3.05) is 12.0 Å². The number of carbonyl (C=O) groups excluding carboxylic acids is 1. The predicted octanol–water partition coefficient (Wildman–Crippen LogP) is 4.39. The minimum Gasteiger partial charge on any atom is -0.487 e. The predicted molar refractivity (Wildman–Crippen MR) is 123 cm³/mol. The Labute approximate surface area is 190 Å². The van der Waals surface area contributed by atoms with E-state index in [1.165, 1.54) is 11.8 Å². The van der Waals surface area contributed by atoms with Gasteiger partial charge in [0.05, 0.1) is 11.8 Å². The molecule has 0 aliphatic heterocycles. The van der Waals surface area contributed by atoms with Gasteiger partial charge in [-0.1, -0.05) is 24.3 Å². The summed E-state index contributed by atoms with van der Waals surface area (Å²) in [5.74, 6) is 0.537. The van der Waals surface area contributed by atoms with E-state index in [9.17, 15) is 14.7 Å². The van der Waals surface area contributed by atoms with Crippen LogP contribution in [0.4, 0.5) is 0 Å². The van der Waals surface area contributed by atoms with Crippen molar-refractivity contribution in [2.45, 2.75) is 19.1 Å². The smallest absolute Gasteiger partial charge is 0.326 e. The molecule has 0 radical (unpaired) electrons. The summed E-state index contributed by atoms with van der Waals surface area (Å²) in [6, 6.07) is 16.8. The van der Waals surface area contributed by atoms with Gasteiger partial charge in [0.25, 0.3) is 5.91 Å². The third-order valence-corrected chi connectivity index (χ3v) is 5.16. The second-order valence-electron chi connectivity index (χ2n) is 6.87. The Hall–Kier alpha value is -3.52. The lowest BCUT2D eigenvalue weighted by Crippen LogP contribution is -2.41. The van der Waals surface area contributed by atoms with Crippen LogP contribution < -0.4 is 14.8 Å². The van der Waals surface area contributed by atoms with Crippen LogP contribution in [-0.4, -0.2) is 40.0 Å². The molecule has 0 aliphatic rings. The molecule has 2 aromatic carbocycles. The molecule has 0 bridgehead atoms. The maximum atomic E-state index is 12.9. The Bertz CT molecular complexity index is 1030. The molecule has 0 spiro atoms. The third-order valence-electron chi connectivity index (χ3n) is 4.52. The van der Waals surface area contributed by atoms with Crippen LogP contribution in [0.3, 0.4) is 0 Å². The molecule has 1 unspecified atom stereocenters. The summed E-state index contributed by atoms with van der Waals surface area (Å²) in [7, 11) is 0. The lowest BCUT2D eigenvalue weighted by molar-refractivity contribution is -0.139. The standard InChI is InChI=1S/C24H24N2O5S/c1-32-13-11-21(24(28)29)26-23(27)20-10-9-17(16-30-19-8-5-12-25-15-19)14-22(20)31-18-6-3-2-4-7-18/h2-10,12,14-15,21H,11,13,16H2,1H3,(H,26,27)(H,28,29). The molecule has 1 aromatic heterocycles. The lowest BCUT2D eigenvalue weighted by atomic mass is 10.1. The zero-order chi connectivity index (χ0) is 22.8. The number of carboxylic acids is 1. The number of aromatic nitrogens is 1. The number of nitrogens with one attached hydrogen (secondary N) is 1. The highest BCUT2D eigenvalue weighted by atomic mass is 32.2. The van der Waals surface area contributed by atoms with Crippen molar-refractivity contribution in [3.8, 4) is 17.2 Å². The van der Waals surface area contributed by atoms with Crippen LogP contribution >= 0.6 is 11.8 Å². The van der Waals surface area contributed by atoms with E-state index in [0.29, 0.717) is 29.4 Å². The topological polar surface area (TPSA) is 97.8 Å². The molecule has 0 fully saturated rings. The zero-order valence-corrected chi connectivity index (χ0v) is 18.4. The van der Waals surface area contributed by atoms with Crippen molar-refractivity contribution < 1.29 is 24.2 Å². The quantitative estimate of drug-likeness (QED) is 0.445. The van der Waals surface area contributed by atoms with Crippen molar-refractivity contribution in [1.82, 2.24) is 10.3 Å². The third kappa shape index (κ3) is 6.75. The van der Waals surface area contributed by atoms with Gasteiger partial charge in [-0.25, -0.2) is 4.79 Å². The van der Waals surface area contributed by atoms with Crippen LogP contribution in [0.2, 0.25) is 0 Å². The number of nitrogens with zero attached hydrogens (tertiary/aromatic N) is 1. The number of ether oxygens (including phenoxy) is 2. The molecule has 1 heterocycles. The zero-order valence-electron chi connectivity index (χ0n) is 17.6. The van der Waals surface area contributed by atoms with Gasteiger partial charge < -0.3 is 19.9 Å². The van der Waals surface area contributed by atoms with Crippen LogP contribution in [0, 0.1) is 0 Å². The van der Waals surface area contributed by atoms with E-state index in [0.717, 1.165) is 5.56 Å². The maximum absolute atomic E-state index is 12.9. The molecule has 0 saturated heterocycles. The summed E-state index contributed by atoms with van der Waals surface area (Å²) in [4.78, 5) is 28.5. The number of hydrogen-bond acceptors (Lipinski definition) is 6. The van der Waals surface area contributed by atoms with Crippen molar-refractivity contribution >= 4 is 23.6 Å². The highest BCUT2D eigenvalue weighted by Crippen LogP contribution is 2.27. The summed E-state index contributed by atoms with van der Waals surface area (Å²) in [6.07, 6.45) is 5.49. The highest BCUT2D eigenvalue weighted by Gasteiger charge is 2.22. The molecule has 3 aromatic rings. The molecule has 2 N–H and O–H groups in total. The number of hydrogen-bond donors (Lipinski definition) is 2. The first-order chi connectivity index (χ1) is 15.6. The Balaban J connectivity index is 1.82. The summed E-state index contributed by atoms with van der Waals surface area (Å²) in [5.41, 5.74) is 1.03. The van der Waals surface area contributed by atoms with Crippen LogP contribution in [-0.2, 0) is 11.4 Å². The number of carboxylic acid groups (broad SMARTS) is 1. The number of aliphatic carboxylic acids is 1. The normalized spacial score (nSPS) is 11.4. The fourth-order valence-electron chi connectivity index (χ4n) is 2.87. The van der Waals surface area contributed by atoms with Gasteiger partial charge in [-0.15, -0.1) is 0 Å². The van der Waals surface area contributed by atoms with Crippen LogP contribution in [0.1, 0.15) is 22.3 Å². The minimum atomic E-state index is -1.07. The number of thioether (sulfide) groups is 1. The summed E-state index contributed by atoms with van der Waals surface area (Å²) in [5, 5.41) is 12.0. The van der Waals surface area contributed by atoms with Gasteiger partial charge in [-0.05, 0) is 60.4 Å². The SMILES string of the molecule is CSCCC(NC(=O)c1ccc(COc2cccnc2)cc1Oc1ccccc1)C(=O)O. The number of carbonyl (C=O) groups is 2. The number of pyridine rings is 1. The largest absolute Gasteiger partial charge is 0.487 e. The number of para-hydroxylation sites is 1. The maximum Gasteiger partial charge on any atom is 0.326 e. The van der Waals surface area contributed by atoms with Crippen LogP contribution in [0.25, 0.3) is 0 Å². The van der Waals surface area contributed by atoms with Gasteiger partial charge in [0.1, 0.15) is 29.9 Å². The first-order valence-electron chi connectivity index (χ1n) is 9.98. The molecule has 7 nitrogen and oxygen atoms in total. The Kier molecular flexibility index (Phi) is 8.51. The molecule has 32 heavy (non-hydrogen) atoms. The molecule has 1 amide bonds. The second kappa shape index (κ2) is 11.8. The fourth-order valence-corrected chi connectivity index (χ4v) is 3.34. The fraction of sp³-hybridized carbons (Fsp3) is 0.208. The van der Waals surface area contributed by atoms with E-state index in [4.69, 9.17) is 9.47 Å². The van der Waals surface area contributed by atoms with Gasteiger partial charge in [0.15, 0.2) is 0 Å². The number of rotatable bonds is 11. The van der Waals surface area contributed by atoms with Crippen LogP contribution in [0.15, 0.2) is 73.1 Å². The summed E-state index contributed by atoms with van der Waals surface area (Å²) in [6.45, 7) is 0.254. The Morgan fingerprint density at radius 3 is 2.56 bits per heavy atom. The molecule has 8 heteroatoms. The molecular weight excluding hydrogens is 428 g/mol.